The average molecular weight is 419 g/mol. The van der Waals surface area contributed by atoms with Crippen molar-refractivity contribution in [2.45, 2.75) is 19.9 Å². The lowest BCUT2D eigenvalue weighted by Crippen LogP contribution is -2.22. The second-order valence-corrected chi connectivity index (χ2v) is 7.16. The van der Waals surface area contributed by atoms with Crippen LogP contribution in [0.15, 0.2) is 72.8 Å². The van der Waals surface area contributed by atoms with Crippen LogP contribution in [0.3, 0.4) is 0 Å². The second kappa shape index (κ2) is 10.5. The zero-order chi connectivity index (χ0) is 22.2. The van der Waals surface area contributed by atoms with Gasteiger partial charge >= 0.3 is 0 Å². The van der Waals surface area contributed by atoms with Crippen LogP contribution in [0.25, 0.3) is 0 Å². The molecular weight excluding hydrogens is 388 g/mol. The van der Waals surface area contributed by atoms with Crippen molar-refractivity contribution in [2.24, 2.45) is 0 Å². The van der Waals surface area contributed by atoms with Crippen molar-refractivity contribution in [1.29, 1.82) is 0 Å². The van der Waals surface area contributed by atoms with Gasteiger partial charge in [0, 0.05) is 30.0 Å². The summed E-state index contributed by atoms with van der Waals surface area (Å²) >= 11 is 0. The van der Waals surface area contributed by atoms with Crippen molar-refractivity contribution in [3.63, 3.8) is 0 Å². The van der Waals surface area contributed by atoms with Gasteiger partial charge in [0.25, 0.3) is 0 Å². The number of Topliss-reactive ketones (excluding diaryl/α,β-unsaturated/α-hetero) is 1. The number of nitrogens with zero attached hydrogens (tertiary/aromatic N) is 1. The predicted molar refractivity (Wildman–Crippen MR) is 127 cm³/mol. The van der Waals surface area contributed by atoms with E-state index in [1.807, 2.05) is 36.4 Å². The maximum Gasteiger partial charge on any atom is 0.189 e. The smallest absolute Gasteiger partial charge is 0.189 e. The third-order valence-electron chi connectivity index (χ3n) is 5.39. The third-order valence-corrected chi connectivity index (χ3v) is 5.39. The van der Waals surface area contributed by atoms with E-state index in [1.54, 1.807) is 38.5 Å². The molecule has 0 fully saturated rings. The molecule has 0 spiro atoms. The highest BCUT2D eigenvalue weighted by atomic mass is 16.5. The Hall–Kier alpha value is -3.47. The fraction of sp³-hybridized carbons (Fsp3) is 0.269. The van der Waals surface area contributed by atoms with Crippen LogP contribution >= 0.6 is 0 Å². The number of carbonyl (C=O) groups is 1. The van der Waals surface area contributed by atoms with Gasteiger partial charge in [-0.25, -0.2) is 0 Å². The van der Waals surface area contributed by atoms with Crippen molar-refractivity contribution in [3.8, 4) is 11.5 Å². The van der Waals surface area contributed by atoms with Gasteiger partial charge in [0.05, 0.1) is 14.2 Å². The quantitative estimate of drug-likeness (QED) is 0.435. The van der Waals surface area contributed by atoms with Gasteiger partial charge in [0.1, 0.15) is 17.5 Å². The number of rotatable bonds is 10. The van der Waals surface area contributed by atoms with E-state index in [2.05, 4.69) is 36.2 Å². The number of methoxy groups -OCH3 is 2. The van der Waals surface area contributed by atoms with E-state index < -0.39 is 6.04 Å². The maximum absolute atomic E-state index is 13.4. The Morgan fingerprint density at radius 2 is 1.32 bits per heavy atom. The molecule has 1 N–H and O–H groups in total. The molecule has 0 amide bonds. The number of ether oxygens (including phenoxy) is 2. The van der Waals surface area contributed by atoms with Crippen LogP contribution in [-0.2, 0) is 0 Å². The standard InChI is InChI=1S/C26H30N2O3/c1-5-28(6-2)22-13-11-21(12-14-22)27-25(19-7-15-23(30-3)16-8-19)26(29)20-9-17-24(31-4)18-10-20/h7-18,25,27H,5-6H2,1-4H3. The largest absolute Gasteiger partial charge is 0.497 e. The molecule has 0 saturated carbocycles. The predicted octanol–water partition coefficient (Wildman–Crippen LogP) is 5.59. The van der Waals surface area contributed by atoms with Crippen LogP contribution < -0.4 is 19.7 Å². The average Bonchev–Trinajstić information content (AvgIpc) is 2.84. The molecule has 5 nitrogen and oxygen atoms in total. The van der Waals surface area contributed by atoms with Crippen molar-refractivity contribution in [2.75, 3.05) is 37.5 Å². The first-order chi connectivity index (χ1) is 15.1. The molecule has 0 heterocycles. The summed E-state index contributed by atoms with van der Waals surface area (Å²) < 4.78 is 10.5. The molecule has 0 radical (unpaired) electrons. The minimum Gasteiger partial charge on any atom is -0.497 e. The topological polar surface area (TPSA) is 50.8 Å². The lowest BCUT2D eigenvalue weighted by Gasteiger charge is -2.23. The van der Waals surface area contributed by atoms with Gasteiger partial charge < -0.3 is 19.7 Å². The number of hydrogen-bond acceptors (Lipinski definition) is 5. The highest BCUT2D eigenvalue weighted by molar-refractivity contribution is 6.02. The van der Waals surface area contributed by atoms with Crippen LogP contribution in [0.2, 0.25) is 0 Å². The number of hydrogen-bond donors (Lipinski definition) is 1. The van der Waals surface area contributed by atoms with Gasteiger partial charge in [0.15, 0.2) is 5.78 Å². The summed E-state index contributed by atoms with van der Waals surface area (Å²) in [6, 6.07) is 22.4. The van der Waals surface area contributed by atoms with E-state index in [4.69, 9.17) is 9.47 Å². The maximum atomic E-state index is 13.4. The van der Waals surface area contributed by atoms with Gasteiger partial charge in [-0.15, -0.1) is 0 Å². The molecule has 162 valence electrons. The highest BCUT2D eigenvalue weighted by Crippen LogP contribution is 2.27. The Labute approximate surface area is 184 Å². The molecule has 0 aliphatic carbocycles. The highest BCUT2D eigenvalue weighted by Gasteiger charge is 2.22. The van der Waals surface area contributed by atoms with Crippen LogP contribution in [0.1, 0.15) is 35.8 Å². The first kappa shape index (κ1) is 22.2. The molecule has 5 heteroatoms. The minimum atomic E-state index is -0.529. The Morgan fingerprint density at radius 3 is 1.81 bits per heavy atom. The van der Waals surface area contributed by atoms with Crippen LogP contribution in [0.5, 0.6) is 11.5 Å². The van der Waals surface area contributed by atoms with Crippen LogP contribution in [0, 0.1) is 0 Å². The molecule has 0 aromatic heterocycles. The molecule has 31 heavy (non-hydrogen) atoms. The molecule has 0 saturated heterocycles. The van der Waals surface area contributed by atoms with E-state index in [1.165, 1.54) is 0 Å². The molecule has 0 aliphatic heterocycles. The van der Waals surface area contributed by atoms with E-state index >= 15 is 0 Å². The summed E-state index contributed by atoms with van der Waals surface area (Å²) in [6.07, 6.45) is 0. The molecule has 3 aromatic rings. The van der Waals surface area contributed by atoms with Crippen LogP contribution in [0.4, 0.5) is 11.4 Å². The van der Waals surface area contributed by atoms with E-state index in [0.717, 1.165) is 41.5 Å². The lowest BCUT2D eigenvalue weighted by atomic mass is 9.96. The molecule has 1 unspecified atom stereocenters. The summed E-state index contributed by atoms with van der Waals surface area (Å²) in [5.74, 6) is 1.46. The zero-order valence-corrected chi connectivity index (χ0v) is 18.6. The summed E-state index contributed by atoms with van der Waals surface area (Å²) in [7, 11) is 3.24. The number of carbonyl (C=O) groups excluding carboxylic acids is 1. The van der Waals surface area contributed by atoms with Crippen molar-refractivity contribution < 1.29 is 14.3 Å². The third kappa shape index (κ3) is 5.37. The molecule has 1 atom stereocenters. The summed E-state index contributed by atoms with van der Waals surface area (Å²) in [4.78, 5) is 15.7. The molecular formula is C26H30N2O3. The monoisotopic (exact) mass is 418 g/mol. The number of benzene rings is 3. The van der Waals surface area contributed by atoms with E-state index in [9.17, 15) is 4.79 Å². The Bertz CT molecular complexity index is 963. The first-order valence-corrected chi connectivity index (χ1v) is 10.5. The summed E-state index contributed by atoms with van der Waals surface area (Å²) in [5, 5.41) is 3.42. The van der Waals surface area contributed by atoms with Gasteiger partial charge in [-0.2, -0.15) is 0 Å². The number of ketones is 1. The van der Waals surface area contributed by atoms with Crippen LogP contribution in [-0.4, -0.2) is 33.1 Å². The van der Waals surface area contributed by atoms with Gasteiger partial charge in [-0.1, -0.05) is 12.1 Å². The lowest BCUT2D eigenvalue weighted by molar-refractivity contribution is 0.0969. The second-order valence-electron chi connectivity index (χ2n) is 7.16. The van der Waals surface area contributed by atoms with Crippen molar-refractivity contribution in [1.82, 2.24) is 0 Å². The fourth-order valence-corrected chi connectivity index (χ4v) is 3.54. The normalized spacial score (nSPS) is 11.5. The van der Waals surface area contributed by atoms with Gasteiger partial charge in [-0.05, 0) is 80.1 Å². The first-order valence-electron chi connectivity index (χ1n) is 10.5. The Balaban J connectivity index is 1.90. The number of anilines is 2. The van der Waals surface area contributed by atoms with Crippen molar-refractivity contribution >= 4 is 17.2 Å². The summed E-state index contributed by atoms with van der Waals surface area (Å²) in [5.41, 5.74) is 3.54. The van der Waals surface area contributed by atoms with E-state index in [0.29, 0.717) is 5.56 Å². The van der Waals surface area contributed by atoms with Gasteiger partial charge in [0.2, 0.25) is 0 Å². The molecule has 0 aliphatic rings. The zero-order valence-electron chi connectivity index (χ0n) is 18.6. The molecule has 3 aromatic carbocycles. The van der Waals surface area contributed by atoms with Crippen molar-refractivity contribution in [3.05, 3.63) is 83.9 Å². The SMILES string of the molecule is CCN(CC)c1ccc(NC(C(=O)c2ccc(OC)cc2)c2ccc(OC)cc2)cc1. The molecule has 0 bridgehead atoms. The molecule has 3 rings (SSSR count). The number of nitrogens with one attached hydrogen (secondary N) is 1. The Morgan fingerprint density at radius 1 is 0.806 bits per heavy atom. The minimum absolute atomic E-state index is 0.0133. The summed E-state index contributed by atoms with van der Waals surface area (Å²) in [6.45, 7) is 6.19. The fourth-order valence-electron chi connectivity index (χ4n) is 3.54. The van der Waals surface area contributed by atoms with Gasteiger partial charge in [-0.3, -0.25) is 4.79 Å². The van der Waals surface area contributed by atoms with E-state index in [-0.39, 0.29) is 5.78 Å². The Kier molecular flexibility index (Phi) is 7.55.